The molecule has 0 unspecified atom stereocenters. The molecule has 6 nitrogen and oxygen atoms in total. The number of aromatic nitrogens is 2. The average molecular weight is 477 g/mol. The van der Waals surface area contributed by atoms with Gasteiger partial charge in [-0.05, 0) is 35.0 Å². The van der Waals surface area contributed by atoms with Gasteiger partial charge in [0.2, 0.25) is 5.91 Å². The standard InChI is InChI=1S/C26H22ClFN4O2/c27-22-16-19(8-9-23(22)28)30-12-14-31(15-13-30)26(34)17-32-25(33)11-10-24(29-32)21-7-3-5-18-4-1-2-6-20(18)21/h1-11,16H,12-15,17H2. The predicted octanol–water partition coefficient (Wildman–Crippen LogP) is 4.20. The number of anilines is 1. The van der Waals surface area contributed by atoms with Crippen molar-refractivity contribution in [2.45, 2.75) is 6.54 Å². The van der Waals surface area contributed by atoms with E-state index in [1.807, 2.05) is 42.5 Å². The van der Waals surface area contributed by atoms with Crippen LogP contribution in [0.5, 0.6) is 0 Å². The first-order chi connectivity index (χ1) is 16.5. The van der Waals surface area contributed by atoms with Crippen LogP contribution in [0.15, 0.2) is 77.6 Å². The fourth-order valence-electron chi connectivity index (χ4n) is 4.28. The summed E-state index contributed by atoms with van der Waals surface area (Å²) >= 11 is 5.90. The number of carbonyl (C=O) groups excluding carboxylic acids is 1. The summed E-state index contributed by atoms with van der Waals surface area (Å²) in [4.78, 5) is 29.2. The van der Waals surface area contributed by atoms with Crippen molar-refractivity contribution in [3.63, 3.8) is 0 Å². The lowest BCUT2D eigenvalue weighted by Gasteiger charge is -2.36. The van der Waals surface area contributed by atoms with Crippen molar-refractivity contribution in [1.29, 1.82) is 0 Å². The van der Waals surface area contributed by atoms with Gasteiger partial charge in [0.1, 0.15) is 12.4 Å². The van der Waals surface area contributed by atoms with Crippen LogP contribution < -0.4 is 10.5 Å². The Morgan fingerprint density at radius 2 is 1.71 bits per heavy atom. The molecule has 8 heteroatoms. The number of fused-ring (bicyclic) bond motifs is 1. The van der Waals surface area contributed by atoms with Crippen LogP contribution in [-0.4, -0.2) is 46.8 Å². The third kappa shape index (κ3) is 4.39. The van der Waals surface area contributed by atoms with E-state index in [1.165, 1.54) is 16.8 Å². The van der Waals surface area contributed by atoms with Crippen molar-refractivity contribution in [3.05, 3.63) is 94.0 Å². The molecule has 4 aromatic rings. The molecule has 0 atom stereocenters. The molecule has 3 aromatic carbocycles. The van der Waals surface area contributed by atoms with Crippen LogP contribution in [0.25, 0.3) is 22.0 Å². The fraction of sp³-hybridized carbons (Fsp3) is 0.192. The van der Waals surface area contributed by atoms with Crippen molar-refractivity contribution in [3.8, 4) is 11.3 Å². The minimum Gasteiger partial charge on any atom is -0.368 e. The average Bonchev–Trinajstić information content (AvgIpc) is 2.87. The molecule has 172 valence electrons. The van der Waals surface area contributed by atoms with Crippen LogP contribution in [0.3, 0.4) is 0 Å². The Balaban J connectivity index is 1.31. The maximum atomic E-state index is 13.4. The van der Waals surface area contributed by atoms with Crippen molar-refractivity contribution in [2.24, 2.45) is 0 Å². The van der Waals surface area contributed by atoms with Crippen LogP contribution in [0.1, 0.15) is 0 Å². The van der Waals surface area contributed by atoms with E-state index in [0.29, 0.717) is 31.9 Å². The van der Waals surface area contributed by atoms with E-state index in [0.717, 1.165) is 22.0 Å². The number of benzene rings is 3. The monoisotopic (exact) mass is 476 g/mol. The number of amides is 1. The second-order valence-electron chi connectivity index (χ2n) is 8.21. The Morgan fingerprint density at radius 1 is 0.941 bits per heavy atom. The van der Waals surface area contributed by atoms with E-state index >= 15 is 0 Å². The van der Waals surface area contributed by atoms with Crippen LogP contribution in [-0.2, 0) is 11.3 Å². The van der Waals surface area contributed by atoms with Crippen LogP contribution >= 0.6 is 11.6 Å². The lowest BCUT2D eigenvalue weighted by Crippen LogP contribution is -2.50. The molecule has 34 heavy (non-hydrogen) atoms. The van der Waals surface area contributed by atoms with Gasteiger partial charge in [0.25, 0.3) is 5.56 Å². The van der Waals surface area contributed by atoms with Gasteiger partial charge in [0.05, 0.1) is 10.7 Å². The topological polar surface area (TPSA) is 58.4 Å². The molecule has 0 saturated carbocycles. The summed E-state index contributed by atoms with van der Waals surface area (Å²) in [6.45, 7) is 2.04. The molecule has 1 aromatic heterocycles. The van der Waals surface area contributed by atoms with Gasteiger partial charge in [-0.25, -0.2) is 9.07 Å². The lowest BCUT2D eigenvalue weighted by molar-refractivity contribution is -0.132. The zero-order valence-corrected chi connectivity index (χ0v) is 19.1. The number of hydrogen-bond acceptors (Lipinski definition) is 4. The number of rotatable bonds is 4. The molecule has 1 aliphatic rings. The lowest BCUT2D eigenvalue weighted by atomic mass is 10.0. The summed E-state index contributed by atoms with van der Waals surface area (Å²) in [5.74, 6) is -0.621. The van der Waals surface area contributed by atoms with Crippen molar-refractivity contribution in [1.82, 2.24) is 14.7 Å². The Morgan fingerprint density at radius 3 is 2.50 bits per heavy atom. The number of carbonyl (C=O) groups is 1. The maximum absolute atomic E-state index is 13.4. The Labute approximate surface area is 200 Å². The SMILES string of the molecule is O=C(Cn1nc(-c2cccc3ccccc23)ccc1=O)N1CCN(c2ccc(F)c(Cl)c2)CC1. The van der Waals surface area contributed by atoms with Gasteiger partial charge < -0.3 is 9.80 Å². The predicted molar refractivity (Wildman–Crippen MR) is 132 cm³/mol. The Bertz CT molecular complexity index is 1420. The highest BCUT2D eigenvalue weighted by molar-refractivity contribution is 6.31. The minimum atomic E-state index is -0.456. The van der Waals surface area contributed by atoms with Crippen molar-refractivity contribution >= 4 is 34.0 Å². The quantitative estimate of drug-likeness (QED) is 0.443. The third-order valence-electron chi connectivity index (χ3n) is 6.12. The molecule has 0 spiro atoms. The van der Waals surface area contributed by atoms with Gasteiger partial charge in [-0.15, -0.1) is 0 Å². The first kappa shape index (κ1) is 22.1. The maximum Gasteiger partial charge on any atom is 0.267 e. The molecule has 0 aliphatic carbocycles. The normalized spacial score (nSPS) is 13.9. The highest BCUT2D eigenvalue weighted by Gasteiger charge is 2.22. The molecule has 0 bridgehead atoms. The summed E-state index contributed by atoms with van der Waals surface area (Å²) < 4.78 is 14.7. The van der Waals surface area contributed by atoms with E-state index in [1.54, 1.807) is 23.1 Å². The fourth-order valence-corrected chi connectivity index (χ4v) is 4.45. The molecule has 0 N–H and O–H groups in total. The van der Waals surface area contributed by atoms with Gasteiger partial charge in [-0.3, -0.25) is 9.59 Å². The Kier molecular flexibility index (Phi) is 6.02. The summed E-state index contributed by atoms with van der Waals surface area (Å²) in [5.41, 5.74) is 2.05. The summed E-state index contributed by atoms with van der Waals surface area (Å²) in [5, 5.41) is 6.69. The smallest absolute Gasteiger partial charge is 0.267 e. The second kappa shape index (κ2) is 9.27. The van der Waals surface area contributed by atoms with Gasteiger partial charge in [-0.2, -0.15) is 5.10 Å². The molecule has 1 amide bonds. The molecular formula is C26H22ClFN4O2. The Hall–Kier alpha value is -3.71. The van der Waals surface area contributed by atoms with Gasteiger partial charge in [-0.1, -0.05) is 54.1 Å². The molecule has 5 rings (SSSR count). The first-order valence-electron chi connectivity index (χ1n) is 11.0. The number of halogens is 2. The number of piperazine rings is 1. The van der Waals surface area contributed by atoms with Crippen LogP contribution in [0.2, 0.25) is 5.02 Å². The molecule has 1 saturated heterocycles. The molecule has 2 heterocycles. The second-order valence-corrected chi connectivity index (χ2v) is 8.61. The van der Waals surface area contributed by atoms with E-state index in [2.05, 4.69) is 10.00 Å². The summed E-state index contributed by atoms with van der Waals surface area (Å²) in [6.07, 6.45) is 0. The highest BCUT2D eigenvalue weighted by atomic mass is 35.5. The summed E-state index contributed by atoms with van der Waals surface area (Å²) in [6, 6.07) is 21.7. The van der Waals surface area contributed by atoms with Crippen LogP contribution in [0, 0.1) is 5.82 Å². The van der Waals surface area contributed by atoms with Gasteiger partial charge in [0, 0.05) is 43.5 Å². The third-order valence-corrected chi connectivity index (χ3v) is 6.41. The minimum absolute atomic E-state index is 0.0764. The highest BCUT2D eigenvalue weighted by Crippen LogP contribution is 2.27. The molecule has 1 aliphatic heterocycles. The largest absolute Gasteiger partial charge is 0.368 e. The zero-order chi connectivity index (χ0) is 23.7. The number of hydrogen-bond donors (Lipinski definition) is 0. The number of nitrogens with zero attached hydrogens (tertiary/aromatic N) is 4. The molecular weight excluding hydrogens is 455 g/mol. The van der Waals surface area contributed by atoms with E-state index in [9.17, 15) is 14.0 Å². The van der Waals surface area contributed by atoms with Crippen molar-refractivity contribution < 1.29 is 9.18 Å². The van der Waals surface area contributed by atoms with E-state index in [-0.39, 0.29) is 23.0 Å². The molecule has 0 radical (unpaired) electrons. The van der Waals surface area contributed by atoms with Crippen LogP contribution in [0.4, 0.5) is 10.1 Å². The van der Waals surface area contributed by atoms with Gasteiger partial charge >= 0.3 is 0 Å². The first-order valence-corrected chi connectivity index (χ1v) is 11.4. The zero-order valence-electron chi connectivity index (χ0n) is 18.3. The van der Waals surface area contributed by atoms with Crippen molar-refractivity contribution in [2.75, 3.05) is 31.1 Å². The van der Waals surface area contributed by atoms with E-state index in [4.69, 9.17) is 11.6 Å². The van der Waals surface area contributed by atoms with E-state index < -0.39 is 5.82 Å². The van der Waals surface area contributed by atoms with Gasteiger partial charge in [0.15, 0.2) is 0 Å². The summed E-state index contributed by atoms with van der Waals surface area (Å²) in [7, 11) is 0. The molecule has 1 fully saturated rings.